The Kier molecular flexibility index (Phi) is 4.44. The van der Waals surface area contributed by atoms with Gasteiger partial charge in [0.15, 0.2) is 0 Å². The fourth-order valence-corrected chi connectivity index (χ4v) is 3.78. The summed E-state index contributed by atoms with van der Waals surface area (Å²) in [6, 6.07) is 15.7. The van der Waals surface area contributed by atoms with Crippen LogP contribution in [-0.2, 0) is 12.7 Å². The predicted octanol–water partition coefficient (Wildman–Crippen LogP) is 4.23. The van der Waals surface area contributed by atoms with Crippen molar-refractivity contribution >= 4 is 5.71 Å². The molecule has 2 atom stereocenters. The summed E-state index contributed by atoms with van der Waals surface area (Å²) in [5, 5.41) is 4.45. The number of piperidine rings is 1. The van der Waals surface area contributed by atoms with Crippen LogP contribution >= 0.6 is 0 Å². The zero-order valence-electron chi connectivity index (χ0n) is 14.2. The summed E-state index contributed by atoms with van der Waals surface area (Å²) in [4.78, 5) is 2.39. The number of benzene rings is 2. The van der Waals surface area contributed by atoms with Crippen LogP contribution < -0.4 is 5.43 Å². The minimum absolute atomic E-state index is 0.0640. The minimum atomic E-state index is -4.30. The van der Waals surface area contributed by atoms with E-state index in [4.69, 9.17) is 0 Å². The first kappa shape index (κ1) is 17.1. The van der Waals surface area contributed by atoms with Gasteiger partial charge in [0.1, 0.15) is 0 Å². The van der Waals surface area contributed by atoms with Crippen molar-refractivity contribution in [3.05, 3.63) is 71.3 Å². The number of nitrogens with one attached hydrogen (secondary N) is 1. The molecule has 2 aromatic rings. The van der Waals surface area contributed by atoms with E-state index in [2.05, 4.69) is 27.6 Å². The molecule has 2 unspecified atom stereocenters. The van der Waals surface area contributed by atoms with Crippen molar-refractivity contribution in [2.45, 2.75) is 25.2 Å². The van der Waals surface area contributed by atoms with E-state index in [1.807, 2.05) is 18.2 Å². The van der Waals surface area contributed by atoms with E-state index in [1.165, 1.54) is 5.56 Å². The number of rotatable bonds is 3. The topological polar surface area (TPSA) is 27.6 Å². The molecule has 2 aromatic carbocycles. The van der Waals surface area contributed by atoms with E-state index in [0.29, 0.717) is 0 Å². The molecule has 3 nitrogen and oxygen atoms in total. The Labute approximate surface area is 150 Å². The zero-order chi connectivity index (χ0) is 18.1. The molecule has 1 N–H and O–H groups in total. The van der Waals surface area contributed by atoms with Gasteiger partial charge in [0.2, 0.25) is 0 Å². The second kappa shape index (κ2) is 6.76. The molecule has 1 fully saturated rings. The second-order valence-electron chi connectivity index (χ2n) is 6.91. The number of nitrogens with zero attached hydrogens (tertiary/aromatic N) is 2. The van der Waals surface area contributed by atoms with E-state index >= 15 is 0 Å². The first-order chi connectivity index (χ1) is 12.5. The Balaban J connectivity index is 1.48. The van der Waals surface area contributed by atoms with Crippen molar-refractivity contribution in [3.63, 3.8) is 0 Å². The molecule has 1 saturated heterocycles. The monoisotopic (exact) mass is 359 g/mol. The maximum absolute atomic E-state index is 12.8. The fourth-order valence-electron chi connectivity index (χ4n) is 3.78. The van der Waals surface area contributed by atoms with Crippen molar-refractivity contribution in [3.8, 4) is 0 Å². The number of alkyl halides is 3. The van der Waals surface area contributed by atoms with Crippen molar-refractivity contribution in [1.82, 2.24) is 10.3 Å². The summed E-state index contributed by atoms with van der Waals surface area (Å²) in [7, 11) is 0. The molecule has 0 radical (unpaired) electrons. The quantitative estimate of drug-likeness (QED) is 0.888. The molecular formula is C20H20F3N3. The van der Waals surface area contributed by atoms with Gasteiger partial charge >= 0.3 is 6.18 Å². The van der Waals surface area contributed by atoms with Crippen LogP contribution in [0.1, 0.15) is 29.2 Å². The number of halogens is 3. The highest BCUT2D eigenvalue weighted by molar-refractivity contribution is 5.89. The molecule has 2 aliphatic rings. The Morgan fingerprint density at radius 2 is 1.77 bits per heavy atom. The number of likely N-dealkylation sites (tertiary alicyclic amines) is 1. The van der Waals surface area contributed by atoms with Crippen LogP contribution in [-0.4, -0.2) is 23.7 Å². The molecule has 0 aliphatic carbocycles. The SMILES string of the molecule is FC(F)(F)c1ccc(C2NN=C3CCN(Cc4ccccc4)CC32)cc1. The highest BCUT2D eigenvalue weighted by Gasteiger charge is 2.37. The normalized spacial score (nSPS) is 23.3. The standard InChI is InChI=1S/C20H20F3N3/c21-20(22,23)16-8-6-15(7-9-16)19-17-13-26(11-10-18(17)24-25-19)12-14-4-2-1-3-5-14/h1-9,17,19,25H,10-13H2. The Morgan fingerprint density at radius 3 is 2.46 bits per heavy atom. The summed E-state index contributed by atoms with van der Waals surface area (Å²) in [6.07, 6.45) is -3.41. The van der Waals surface area contributed by atoms with Gasteiger partial charge in [0.05, 0.1) is 11.6 Å². The lowest BCUT2D eigenvalue weighted by Gasteiger charge is -2.33. The third-order valence-corrected chi connectivity index (χ3v) is 5.16. The molecule has 6 heteroatoms. The molecule has 0 spiro atoms. The highest BCUT2D eigenvalue weighted by atomic mass is 19.4. The Morgan fingerprint density at radius 1 is 1.04 bits per heavy atom. The minimum Gasteiger partial charge on any atom is -0.302 e. The van der Waals surface area contributed by atoms with Gasteiger partial charge in [-0.3, -0.25) is 4.90 Å². The van der Waals surface area contributed by atoms with Crippen LogP contribution in [0.15, 0.2) is 59.7 Å². The molecule has 136 valence electrons. The number of hydrogen-bond donors (Lipinski definition) is 1. The summed E-state index contributed by atoms with van der Waals surface area (Å²) < 4.78 is 38.3. The molecule has 0 saturated carbocycles. The third-order valence-electron chi connectivity index (χ3n) is 5.16. The summed E-state index contributed by atoms with van der Waals surface area (Å²) in [6.45, 7) is 2.68. The fraction of sp³-hybridized carbons (Fsp3) is 0.350. The smallest absolute Gasteiger partial charge is 0.302 e. The van der Waals surface area contributed by atoms with Crippen LogP contribution in [0.4, 0.5) is 13.2 Å². The summed E-state index contributed by atoms with van der Waals surface area (Å²) in [5.41, 5.74) is 5.76. The van der Waals surface area contributed by atoms with Crippen molar-refractivity contribution in [2.24, 2.45) is 11.0 Å². The summed E-state index contributed by atoms with van der Waals surface area (Å²) >= 11 is 0. The lowest BCUT2D eigenvalue weighted by atomic mass is 9.86. The molecule has 4 rings (SSSR count). The van der Waals surface area contributed by atoms with Crippen molar-refractivity contribution < 1.29 is 13.2 Å². The average Bonchev–Trinajstić information content (AvgIpc) is 3.05. The number of hydrazone groups is 1. The molecule has 2 aliphatic heterocycles. The van der Waals surface area contributed by atoms with Gasteiger partial charge in [-0.2, -0.15) is 18.3 Å². The molecule has 0 aromatic heterocycles. The molecule has 0 amide bonds. The number of fused-ring (bicyclic) bond motifs is 1. The molecule has 0 bridgehead atoms. The molecular weight excluding hydrogens is 339 g/mol. The molecule has 26 heavy (non-hydrogen) atoms. The van der Waals surface area contributed by atoms with E-state index in [1.54, 1.807) is 12.1 Å². The van der Waals surface area contributed by atoms with Crippen molar-refractivity contribution in [2.75, 3.05) is 13.1 Å². The van der Waals surface area contributed by atoms with E-state index in [0.717, 1.165) is 49.5 Å². The van der Waals surface area contributed by atoms with Gasteiger partial charge in [0, 0.05) is 37.7 Å². The van der Waals surface area contributed by atoms with Gasteiger partial charge < -0.3 is 5.43 Å². The van der Waals surface area contributed by atoms with Gasteiger partial charge in [-0.15, -0.1) is 0 Å². The predicted molar refractivity (Wildman–Crippen MR) is 94.6 cm³/mol. The van der Waals surface area contributed by atoms with Crippen molar-refractivity contribution in [1.29, 1.82) is 0 Å². The second-order valence-corrected chi connectivity index (χ2v) is 6.91. The lowest BCUT2D eigenvalue weighted by Crippen LogP contribution is -2.41. The third kappa shape index (κ3) is 3.46. The van der Waals surface area contributed by atoms with Gasteiger partial charge in [-0.25, -0.2) is 0 Å². The summed E-state index contributed by atoms with van der Waals surface area (Å²) in [5.74, 6) is 0.198. The first-order valence-electron chi connectivity index (χ1n) is 8.76. The highest BCUT2D eigenvalue weighted by Crippen LogP contribution is 2.35. The van der Waals surface area contributed by atoms with Gasteiger partial charge in [-0.1, -0.05) is 42.5 Å². The van der Waals surface area contributed by atoms with Gasteiger partial charge in [0.25, 0.3) is 0 Å². The Hall–Kier alpha value is -2.34. The van der Waals surface area contributed by atoms with E-state index in [-0.39, 0.29) is 12.0 Å². The maximum atomic E-state index is 12.8. The largest absolute Gasteiger partial charge is 0.416 e. The number of hydrogen-bond acceptors (Lipinski definition) is 3. The maximum Gasteiger partial charge on any atom is 0.416 e. The van der Waals surface area contributed by atoms with E-state index in [9.17, 15) is 13.2 Å². The van der Waals surface area contributed by atoms with Crippen LogP contribution in [0.25, 0.3) is 0 Å². The average molecular weight is 359 g/mol. The van der Waals surface area contributed by atoms with Crippen LogP contribution in [0, 0.1) is 5.92 Å². The lowest BCUT2D eigenvalue weighted by molar-refractivity contribution is -0.137. The molecule has 2 heterocycles. The van der Waals surface area contributed by atoms with Crippen LogP contribution in [0.2, 0.25) is 0 Å². The van der Waals surface area contributed by atoms with Crippen LogP contribution in [0.5, 0.6) is 0 Å². The first-order valence-corrected chi connectivity index (χ1v) is 8.76. The van der Waals surface area contributed by atoms with E-state index < -0.39 is 11.7 Å². The van der Waals surface area contributed by atoms with Crippen LogP contribution in [0.3, 0.4) is 0 Å². The Bertz CT molecular complexity index is 784. The zero-order valence-corrected chi connectivity index (χ0v) is 14.2. The van der Waals surface area contributed by atoms with Gasteiger partial charge in [-0.05, 0) is 23.3 Å².